The zero-order valence-electron chi connectivity index (χ0n) is 18.5. The molecule has 3 rings (SSSR count). The molecule has 0 bridgehead atoms. The molecule has 0 saturated carbocycles. The number of aliphatic hydroxyl groups is 1. The van der Waals surface area contributed by atoms with Crippen LogP contribution in [-0.4, -0.2) is 56.0 Å². The van der Waals surface area contributed by atoms with Gasteiger partial charge in [-0.25, -0.2) is 13.2 Å². The van der Waals surface area contributed by atoms with Gasteiger partial charge in [-0.05, 0) is 35.4 Å². The van der Waals surface area contributed by atoms with Gasteiger partial charge in [-0.2, -0.15) is 26.3 Å². The molecule has 3 amide bonds. The minimum Gasteiger partial charge on any atom is -0.369 e. The molecule has 36 heavy (non-hydrogen) atoms. The zero-order chi connectivity index (χ0) is 27.3. The van der Waals surface area contributed by atoms with Crippen molar-refractivity contribution in [3.05, 3.63) is 59.2 Å². The average Bonchev–Trinajstić information content (AvgIpc) is 3.15. The predicted octanol–water partition coefficient (Wildman–Crippen LogP) is 3.24. The van der Waals surface area contributed by atoms with Gasteiger partial charge in [-0.1, -0.05) is 18.2 Å². The van der Waals surface area contributed by atoms with E-state index in [1.807, 2.05) is 0 Å². The molecule has 0 saturated heterocycles. The SMILES string of the molecule is CNC(=O)N1Cc2cc(S(C)(=O)=O)ccc2C1C(=O)Nc1ccc(C(O)(C(F)(F)F)C(F)(F)F)cc1. The quantitative estimate of drug-likeness (QED) is 0.516. The molecular formula is C21H19F6N3O5S. The van der Waals surface area contributed by atoms with E-state index in [1.54, 1.807) is 0 Å². The molecule has 0 spiro atoms. The first-order valence-corrected chi connectivity index (χ1v) is 11.9. The van der Waals surface area contributed by atoms with Crippen LogP contribution in [0.15, 0.2) is 47.4 Å². The summed E-state index contributed by atoms with van der Waals surface area (Å²) in [5, 5.41) is 14.1. The van der Waals surface area contributed by atoms with E-state index in [0.29, 0.717) is 17.7 Å². The normalized spacial score (nSPS) is 16.5. The van der Waals surface area contributed by atoms with E-state index in [4.69, 9.17) is 0 Å². The van der Waals surface area contributed by atoms with E-state index >= 15 is 0 Å². The molecule has 1 atom stereocenters. The minimum absolute atomic E-state index is 0.0448. The molecule has 0 aromatic heterocycles. The molecule has 1 aliphatic heterocycles. The van der Waals surface area contributed by atoms with Crippen LogP contribution in [0.5, 0.6) is 0 Å². The highest BCUT2D eigenvalue weighted by Crippen LogP contribution is 2.50. The number of carbonyl (C=O) groups excluding carboxylic acids is 2. The van der Waals surface area contributed by atoms with Crippen LogP contribution in [0.1, 0.15) is 22.7 Å². The number of urea groups is 1. The summed E-state index contributed by atoms with van der Waals surface area (Å²) in [5.74, 6) is -0.862. The Labute approximate surface area is 200 Å². The number of amides is 3. The molecule has 0 fully saturated rings. The number of carbonyl (C=O) groups is 2. The number of sulfone groups is 1. The minimum atomic E-state index is -6.07. The van der Waals surface area contributed by atoms with Crippen LogP contribution in [0.2, 0.25) is 0 Å². The maximum Gasteiger partial charge on any atom is 0.430 e. The predicted molar refractivity (Wildman–Crippen MR) is 113 cm³/mol. The topological polar surface area (TPSA) is 116 Å². The Morgan fingerprint density at radius 3 is 2.03 bits per heavy atom. The molecule has 8 nitrogen and oxygen atoms in total. The zero-order valence-corrected chi connectivity index (χ0v) is 19.3. The molecule has 0 aliphatic carbocycles. The van der Waals surface area contributed by atoms with Crippen molar-refractivity contribution in [1.29, 1.82) is 0 Å². The second-order valence-corrected chi connectivity index (χ2v) is 10.0. The molecule has 3 N–H and O–H groups in total. The molecule has 0 radical (unpaired) electrons. The van der Waals surface area contributed by atoms with E-state index in [2.05, 4.69) is 10.6 Å². The molecule has 2 aromatic rings. The lowest BCUT2D eigenvalue weighted by molar-refractivity contribution is -0.376. The average molecular weight is 539 g/mol. The lowest BCUT2D eigenvalue weighted by atomic mass is 9.92. The summed E-state index contributed by atoms with van der Waals surface area (Å²) in [7, 11) is -2.30. The van der Waals surface area contributed by atoms with Crippen molar-refractivity contribution < 1.29 is 49.5 Å². The number of fused-ring (bicyclic) bond motifs is 1. The largest absolute Gasteiger partial charge is 0.430 e. The van der Waals surface area contributed by atoms with E-state index in [1.165, 1.54) is 25.2 Å². The first-order chi connectivity index (χ1) is 16.4. The van der Waals surface area contributed by atoms with E-state index in [0.717, 1.165) is 23.3 Å². The maximum absolute atomic E-state index is 13.1. The second-order valence-electron chi connectivity index (χ2n) is 7.99. The van der Waals surface area contributed by atoms with Gasteiger partial charge in [0, 0.05) is 31.1 Å². The summed E-state index contributed by atoms with van der Waals surface area (Å²) < 4.78 is 102. The summed E-state index contributed by atoms with van der Waals surface area (Å²) in [6.07, 6.45) is -11.2. The third kappa shape index (κ3) is 4.72. The van der Waals surface area contributed by atoms with Crippen LogP contribution >= 0.6 is 0 Å². The number of alkyl halides is 6. The van der Waals surface area contributed by atoms with Crippen LogP contribution in [0, 0.1) is 0 Å². The Kier molecular flexibility index (Phi) is 6.78. The Balaban J connectivity index is 1.93. The Morgan fingerprint density at radius 1 is 1.00 bits per heavy atom. The number of benzene rings is 2. The molecule has 1 heterocycles. The van der Waals surface area contributed by atoms with Gasteiger partial charge in [0.2, 0.25) is 0 Å². The van der Waals surface area contributed by atoms with Gasteiger partial charge in [0.15, 0.2) is 9.84 Å². The van der Waals surface area contributed by atoms with Gasteiger partial charge in [0.25, 0.3) is 11.5 Å². The third-order valence-electron chi connectivity index (χ3n) is 5.60. The number of hydrogen-bond acceptors (Lipinski definition) is 5. The molecule has 2 aromatic carbocycles. The maximum atomic E-state index is 13.1. The highest BCUT2D eigenvalue weighted by Gasteiger charge is 2.71. The number of anilines is 1. The Bertz CT molecular complexity index is 1280. The summed E-state index contributed by atoms with van der Waals surface area (Å²) in [5.41, 5.74) is -6.21. The van der Waals surface area contributed by atoms with Gasteiger partial charge in [-0.3, -0.25) is 4.79 Å². The third-order valence-corrected chi connectivity index (χ3v) is 6.71. The van der Waals surface area contributed by atoms with Crippen molar-refractivity contribution in [2.75, 3.05) is 18.6 Å². The van der Waals surface area contributed by atoms with Crippen LogP contribution in [0.3, 0.4) is 0 Å². The van der Waals surface area contributed by atoms with Crippen molar-refractivity contribution in [3.63, 3.8) is 0 Å². The number of nitrogens with one attached hydrogen (secondary N) is 2. The van der Waals surface area contributed by atoms with Crippen molar-refractivity contribution in [2.24, 2.45) is 0 Å². The Morgan fingerprint density at radius 2 is 1.56 bits per heavy atom. The molecular weight excluding hydrogens is 520 g/mol. The molecule has 196 valence electrons. The fourth-order valence-corrected chi connectivity index (χ4v) is 4.44. The highest BCUT2D eigenvalue weighted by molar-refractivity contribution is 7.90. The van der Waals surface area contributed by atoms with E-state index < -0.39 is 51.3 Å². The smallest absolute Gasteiger partial charge is 0.369 e. The van der Waals surface area contributed by atoms with Gasteiger partial charge in [0.05, 0.1) is 4.90 Å². The molecule has 1 aliphatic rings. The number of hydrogen-bond donors (Lipinski definition) is 3. The fraction of sp³-hybridized carbons (Fsp3) is 0.333. The lowest BCUT2D eigenvalue weighted by Crippen LogP contribution is -2.53. The van der Waals surface area contributed by atoms with Crippen molar-refractivity contribution in [3.8, 4) is 0 Å². The standard InChI is InChI=1S/C21H19F6N3O5S/c1-28-18(32)30-10-11-9-14(36(2,34)35)7-8-15(11)16(30)17(31)29-13-5-3-12(4-6-13)19(33,20(22,23)24)21(25,26)27/h3-9,16,33H,10H2,1-2H3,(H,28,32)(H,29,31). The van der Waals surface area contributed by atoms with Crippen molar-refractivity contribution in [1.82, 2.24) is 10.2 Å². The first kappa shape index (κ1) is 27.3. The highest BCUT2D eigenvalue weighted by atomic mass is 32.2. The van der Waals surface area contributed by atoms with Gasteiger partial charge in [-0.15, -0.1) is 0 Å². The van der Waals surface area contributed by atoms with Crippen LogP contribution < -0.4 is 10.6 Å². The number of nitrogens with zero attached hydrogens (tertiary/aromatic N) is 1. The van der Waals surface area contributed by atoms with E-state index in [-0.39, 0.29) is 22.7 Å². The summed E-state index contributed by atoms with van der Waals surface area (Å²) >= 11 is 0. The summed E-state index contributed by atoms with van der Waals surface area (Å²) in [4.78, 5) is 26.4. The number of rotatable bonds is 4. The molecule has 15 heteroatoms. The van der Waals surface area contributed by atoms with Crippen LogP contribution in [0.25, 0.3) is 0 Å². The summed E-state index contributed by atoms with van der Waals surface area (Å²) in [6.45, 7) is -0.139. The lowest BCUT2D eigenvalue weighted by Gasteiger charge is -2.32. The molecule has 1 unspecified atom stereocenters. The fourth-order valence-electron chi connectivity index (χ4n) is 3.77. The number of halogens is 6. The van der Waals surface area contributed by atoms with Crippen molar-refractivity contribution in [2.45, 2.75) is 35.4 Å². The Hall–Kier alpha value is -3.33. The summed E-state index contributed by atoms with van der Waals surface area (Å²) in [6, 6.07) is 4.13. The van der Waals surface area contributed by atoms with Crippen LogP contribution in [-0.2, 0) is 26.8 Å². The van der Waals surface area contributed by atoms with Gasteiger partial charge >= 0.3 is 18.4 Å². The first-order valence-electron chi connectivity index (χ1n) is 10.00. The van der Waals surface area contributed by atoms with Crippen molar-refractivity contribution >= 4 is 27.5 Å². The van der Waals surface area contributed by atoms with Gasteiger partial charge in [0.1, 0.15) is 6.04 Å². The monoisotopic (exact) mass is 539 g/mol. The van der Waals surface area contributed by atoms with E-state index in [9.17, 15) is 49.5 Å². The van der Waals surface area contributed by atoms with Crippen LogP contribution in [0.4, 0.5) is 36.8 Å². The van der Waals surface area contributed by atoms with Gasteiger partial charge < -0.3 is 20.6 Å². The second kappa shape index (κ2) is 8.96.